The number of halogens is 6. The molecule has 27 heavy (non-hydrogen) atoms. The van der Waals surface area contributed by atoms with E-state index >= 15 is 0 Å². The van der Waals surface area contributed by atoms with Crippen LogP contribution in [0, 0.1) is 0 Å². The van der Waals surface area contributed by atoms with Gasteiger partial charge >= 0.3 is 12.4 Å². The van der Waals surface area contributed by atoms with E-state index in [4.69, 9.17) is 5.14 Å². The smallest absolute Gasteiger partial charge is 0.322 e. The van der Waals surface area contributed by atoms with Gasteiger partial charge in [-0.2, -0.15) is 26.3 Å². The Morgan fingerprint density at radius 2 is 1.56 bits per heavy atom. The van der Waals surface area contributed by atoms with Crippen molar-refractivity contribution in [1.82, 2.24) is 0 Å². The maximum Gasteiger partial charge on any atom is 0.417 e. The van der Waals surface area contributed by atoms with Gasteiger partial charge in [-0.1, -0.05) is 6.07 Å². The van der Waals surface area contributed by atoms with Gasteiger partial charge in [0.05, 0.1) is 21.6 Å². The average molecular weight is 412 g/mol. The first kappa shape index (κ1) is 20.7. The van der Waals surface area contributed by atoms with E-state index in [9.17, 15) is 39.6 Å². The first-order chi connectivity index (χ1) is 12.2. The lowest BCUT2D eigenvalue weighted by atomic mass is 10.0. The number of hydrogen-bond acceptors (Lipinski definition) is 3. The van der Waals surface area contributed by atoms with Gasteiger partial charge in [0.25, 0.3) is 5.91 Å². The van der Waals surface area contributed by atoms with E-state index in [-0.39, 0.29) is 11.8 Å². The van der Waals surface area contributed by atoms with Crippen LogP contribution in [0.4, 0.5) is 32.0 Å². The molecule has 12 heteroatoms. The molecule has 3 N–H and O–H groups in total. The SMILES string of the molecule is NS(=O)(=O)c1cccc(NC(=O)c2ccc(C(F)(F)F)cc2C(F)(F)F)c1. The van der Waals surface area contributed by atoms with Crippen molar-refractivity contribution in [2.75, 3.05) is 5.32 Å². The third kappa shape index (κ3) is 4.98. The molecule has 2 aromatic carbocycles. The third-order valence-electron chi connectivity index (χ3n) is 3.32. The van der Waals surface area contributed by atoms with Gasteiger partial charge < -0.3 is 5.32 Å². The second-order valence-electron chi connectivity index (χ2n) is 5.28. The number of nitrogens with two attached hydrogens (primary N) is 1. The van der Waals surface area contributed by atoms with E-state index in [1.54, 1.807) is 0 Å². The Balaban J connectivity index is 2.45. The van der Waals surface area contributed by atoms with E-state index < -0.39 is 49.9 Å². The highest BCUT2D eigenvalue weighted by Crippen LogP contribution is 2.37. The van der Waals surface area contributed by atoms with Gasteiger partial charge in [-0.3, -0.25) is 4.79 Å². The minimum Gasteiger partial charge on any atom is -0.322 e. The molecule has 0 saturated heterocycles. The molecule has 0 saturated carbocycles. The van der Waals surface area contributed by atoms with E-state index in [0.717, 1.165) is 12.1 Å². The summed E-state index contributed by atoms with van der Waals surface area (Å²) in [6.45, 7) is 0. The fraction of sp³-hybridized carbons (Fsp3) is 0.133. The summed E-state index contributed by atoms with van der Waals surface area (Å²) in [5.74, 6) is -1.37. The van der Waals surface area contributed by atoms with Crippen LogP contribution in [0.5, 0.6) is 0 Å². The molecule has 0 aliphatic heterocycles. The fourth-order valence-electron chi connectivity index (χ4n) is 2.10. The molecule has 0 aromatic heterocycles. The topological polar surface area (TPSA) is 89.3 Å². The lowest BCUT2D eigenvalue weighted by molar-refractivity contribution is -0.143. The van der Waals surface area contributed by atoms with Crippen LogP contribution in [-0.2, 0) is 22.4 Å². The molecular weight excluding hydrogens is 402 g/mol. The maximum absolute atomic E-state index is 13.1. The van der Waals surface area contributed by atoms with Crippen LogP contribution in [-0.4, -0.2) is 14.3 Å². The Morgan fingerprint density at radius 3 is 2.07 bits per heavy atom. The second-order valence-corrected chi connectivity index (χ2v) is 6.84. The van der Waals surface area contributed by atoms with E-state index in [0.29, 0.717) is 12.1 Å². The summed E-state index contributed by atoms with van der Waals surface area (Å²) in [5.41, 5.74) is -4.61. The number of anilines is 1. The monoisotopic (exact) mass is 412 g/mol. The average Bonchev–Trinajstić information content (AvgIpc) is 2.52. The summed E-state index contributed by atoms with van der Waals surface area (Å²) >= 11 is 0. The van der Waals surface area contributed by atoms with Gasteiger partial charge in [0.1, 0.15) is 0 Å². The largest absolute Gasteiger partial charge is 0.417 e. The number of sulfonamides is 1. The van der Waals surface area contributed by atoms with Gasteiger partial charge in [-0.05, 0) is 36.4 Å². The van der Waals surface area contributed by atoms with E-state index in [1.165, 1.54) is 12.1 Å². The Bertz CT molecular complexity index is 984. The number of primary sulfonamides is 1. The summed E-state index contributed by atoms with van der Waals surface area (Å²) in [6.07, 6.45) is -10.3. The first-order valence-corrected chi connectivity index (χ1v) is 8.47. The number of carbonyl (C=O) groups excluding carboxylic acids is 1. The van der Waals surface area contributed by atoms with Gasteiger partial charge in [-0.15, -0.1) is 0 Å². The number of rotatable bonds is 3. The highest BCUT2D eigenvalue weighted by molar-refractivity contribution is 7.89. The van der Waals surface area contributed by atoms with Crippen molar-refractivity contribution in [2.45, 2.75) is 17.2 Å². The number of carbonyl (C=O) groups is 1. The van der Waals surface area contributed by atoms with Crippen LogP contribution < -0.4 is 10.5 Å². The lowest BCUT2D eigenvalue weighted by Crippen LogP contribution is -2.20. The number of nitrogens with one attached hydrogen (secondary N) is 1. The quantitative estimate of drug-likeness (QED) is 0.755. The minimum atomic E-state index is -5.23. The molecular formula is C15H10F6N2O3S. The molecule has 2 rings (SSSR count). The zero-order valence-corrected chi connectivity index (χ0v) is 13.8. The summed E-state index contributed by atoms with van der Waals surface area (Å²) < 4.78 is 99.8. The highest BCUT2D eigenvalue weighted by Gasteiger charge is 2.39. The number of hydrogen-bond donors (Lipinski definition) is 2. The van der Waals surface area contributed by atoms with Crippen molar-refractivity contribution >= 4 is 21.6 Å². The first-order valence-electron chi connectivity index (χ1n) is 6.92. The molecule has 0 radical (unpaired) electrons. The zero-order chi connectivity index (χ0) is 20.6. The zero-order valence-electron chi connectivity index (χ0n) is 13.0. The summed E-state index contributed by atoms with van der Waals surface area (Å²) in [6, 6.07) is 4.89. The van der Waals surface area contributed by atoms with Gasteiger partial charge in [0, 0.05) is 5.69 Å². The second kappa shape index (κ2) is 6.85. The maximum atomic E-state index is 13.1. The predicted octanol–water partition coefficient (Wildman–Crippen LogP) is 3.62. The number of amides is 1. The van der Waals surface area contributed by atoms with Crippen molar-refractivity contribution in [3.63, 3.8) is 0 Å². The molecule has 1 amide bonds. The molecule has 0 aliphatic carbocycles. The Hall–Kier alpha value is -2.60. The molecule has 0 aliphatic rings. The van der Waals surface area contributed by atoms with Crippen LogP contribution in [0.3, 0.4) is 0 Å². The fourth-order valence-corrected chi connectivity index (χ4v) is 2.66. The summed E-state index contributed by atoms with van der Waals surface area (Å²) in [5, 5.41) is 6.91. The molecule has 146 valence electrons. The molecule has 0 fully saturated rings. The van der Waals surface area contributed by atoms with Crippen molar-refractivity contribution < 1.29 is 39.6 Å². The van der Waals surface area contributed by atoms with Crippen LogP contribution in [0.2, 0.25) is 0 Å². The van der Waals surface area contributed by atoms with Gasteiger partial charge in [-0.25, -0.2) is 13.6 Å². The normalized spacial score (nSPS) is 12.7. The van der Waals surface area contributed by atoms with Crippen molar-refractivity contribution in [1.29, 1.82) is 0 Å². The molecule has 0 atom stereocenters. The molecule has 5 nitrogen and oxygen atoms in total. The van der Waals surface area contributed by atoms with Crippen molar-refractivity contribution in [3.05, 3.63) is 59.2 Å². The molecule has 0 bridgehead atoms. The van der Waals surface area contributed by atoms with Gasteiger partial charge in [0.15, 0.2) is 0 Å². The van der Waals surface area contributed by atoms with Crippen molar-refractivity contribution in [2.24, 2.45) is 5.14 Å². The Labute approximate surface area is 148 Å². The van der Waals surface area contributed by atoms with Crippen LogP contribution in [0.1, 0.15) is 21.5 Å². The van der Waals surface area contributed by atoms with E-state index in [1.807, 2.05) is 5.32 Å². The third-order valence-corrected chi connectivity index (χ3v) is 4.23. The molecule has 0 heterocycles. The standard InChI is InChI=1S/C15H10F6N2O3S/c16-14(17,18)8-4-5-11(12(6-8)15(19,20)21)13(24)23-9-2-1-3-10(7-9)27(22,25)26/h1-7H,(H,23,24)(H2,22,25,26). The highest BCUT2D eigenvalue weighted by atomic mass is 32.2. The Morgan fingerprint density at radius 1 is 0.926 bits per heavy atom. The Kier molecular flexibility index (Phi) is 5.25. The summed E-state index contributed by atoms with van der Waals surface area (Å²) in [7, 11) is -4.14. The number of alkyl halides is 6. The molecule has 2 aromatic rings. The summed E-state index contributed by atoms with van der Waals surface area (Å²) in [4.78, 5) is 11.7. The predicted molar refractivity (Wildman–Crippen MR) is 82.2 cm³/mol. The van der Waals surface area contributed by atoms with Gasteiger partial charge in [0.2, 0.25) is 10.0 Å². The number of benzene rings is 2. The van der Waals surface area contributed by atoms with Crippen molar-refractivity contribution in [3.8, 4) is 0 Å². The van der Waals surface area contributed by atoms with Crippen LogP contribution >= 0.6 is 0 Å². The molecule has 0 spiro atoms. The lowest BCUT2D eigenvalue weighted by Gasteiger charge is -2.16. The van der Waals surface area contributed by atoms with Crippen LogP contribution in [0.25, 0.3) is 0 Å². The molecule has 0 unspecified atom stereocenters. The van der Waals surface area contributed by atoms with Crippen LogP contribution in [0.15, 0.2) is 47.4 Å². The minimum absolute atomic E-state index is 0.171. The van der Waals surface area contributed by atoms with E-state index in [2.05, 4.69) is 0 Å².